The molecule has 3 aliphatic rings. The van der Waals surface area contributed by atoms with Gasteiger partial charge in [-0.2, -0.15) is 0 Å². The Bertz CT molecular complexity index is 782. The van der Waals surface area contributed by atoms with E-state index < -0.39 is 15.6 Å². The summed E-state index contributed by atoms with van der Waals surface area (Å²) >= 11 is 0. The molecule has 0 atom stereocenters. The van der Waals surface area contributed by atoms with Crippen LogP contribution in [0.2, 0.25) is 0 Å². The Kier molecular flexibility index (Phi) is 33.2. The van der Waals surface area contributed by atoms with Crippen LogP contribution in [0, 0.1) is 0 Å². The number of piperidine rings is 3. The second-order valence-electron chi connectivity index (χ2n) is 13.9. The standard InChI is InChI=1S/3C11H25N2O.2H3O4P/c3*1-2-13(7-4-3-5-8-13)9-11-14-10-6-12;2*1-5(2,3)4/h3*2-12H2,1H3;2*(H3,1,2,3,4)/q3*+1;;. The molecule has 316 valence electrons. The van der Waals surface area contributed by atoms with Gasteiger partial charge in [0.05, 0.1) is 98.5 Å². The second kappa shape index (κ2) is 32.0. The van der Waals surface area contributed by atoms with Gasteiger partial charge >= 0.3 is 15.6 Å². The summed E-state index contributed by atoms with van der Waals surface area (Å²) in [4.78, 5) is 43.1. The Morgan fingerprint density at radius 3 is 0.769 bits per heavy atom. The Hall–Kier alpha value is -0.140. The molecule has 12 N–H and O–H groups in total. The molecule has 3 saturated heterocycles. The van der Waals surface area contributed by atoms with Gasteiger partial charge in [-0.1, -0.05) is 0 Å². The van der Waals surface area contributed by atoms with Crippen molar-refractivity contribution in [3.05, 3.63) is 0 Å². The molecule has 3 aliphatic heterocycles. The fourth-order valence-electron chi connectivity index (χ4n) is 6.97. The maximum absolute atomic E-state index is 8.88. The van der Waals surface area contributed by atoms with Crippen LogP contribution in [0.15, 0.2) is 0 Å². The first-order valence-corrected chi connectivity index (χ1v) is 22.6. The third-order valence-corrected chi connectivity index (χ3v) is 10.2. The lowest BCUT2D eigenvalue weighted by molar-refractivity contribution is -0.931. The molecule has 19 heteroatoms. The molecule has 0 unspecified atom stereocenters. The summed E-state index contributed by atoms with van der Waals surface area (Å²) in [5.74, 6) is 0. The van der Waals surface area contributed by atoms with E-state index >= 15 is 0 Å². The van der Waals surface area contributed by atoms with E-state index in [2.05, 4.69) is 20.8 Å². The van der Waals surface area contributed by atoms with Gasteiger partial charge in [0.1, 0.15) is 19.6 Å². The third kappa shape index (κ3) is 33.2. The smallest absolute Gasteiger partial charge is 0.374 e. The molecule has 0 aromatic rings. The van der Waals surface area contributed by atoms with Gasteiger partial charge in [-0.05, 0) is 78.6 Å². The summed E-state index contributed by atoms with van der Waals surface area (Å²) in [6, 6.07) is 0. The molecule has 3 heterocycles. The molecule has 3 fully saturated rings. The minimum Gasteiger partial charge on any atom is -0.374 e. The summed E-state index contributed by atoms with van der Waals surface area (Å²) in [5, 5.41) is 0. The maximum atomic E-state index is 8.88. The van der Waals surface area contributed by atoms with E-state index in [9.17, 15) is 0 Å². The lowest BCUT2D eigenvalue weighted by atomic mass is 10.1. The number of ether oxygens (including phenoxy) is 3. The van der Waals surface area contributed by atoms with Crippen LogP contribution in [-0.4, -0.2) is 181 Å². The molecule has 0 amide bonds. The molecular weight excluding hydrogens is 718 g/mol. The topological polar surface area (TPSA) is 261 Å². The van der Waals surface area contributed by atoms with Crippen molar-refractivity contribution in [3.63, 3.8) is 0 Å². The first-order chi connectivity index (χ1) is 24.5. The molecule has 17 nitrogen and oxygen atoms in total. The van der Waals surface area contributed by atoms with Crippen LogP contribution in [0.4, 0.5) is 0 Å². The van der Waals surface area contributed by atoms with Gasteiger partial charge in [0, 0.05) is 19.6 Å². The minimum absolute atomic E-state index is 0.645. The number of likely N-dealkylation sites (tertiary alicyclic amines) is 3. The van der Waals surface area contributed by atoms with Gasteiger partial charge in [0.15, 0.2) is 0 Å². The highest BCUT2D eigenvalue weighted by Crippen LogP contribution is 2.26. The normalized spacial score (nSPS) is 19.2. The monoisotopic (exact) mass is 800 g/mol. The SMILES string of the molecule is CC[N+]1(CCOCCN)CCCCC1.CC[N+]1(CCOCCN)CCCCC1.CC[N+]1(CCOCCN)CCCCC1.O=P(O)(O)O.O=P(O)(O)O. The highest BCUT2D eigenvalue weighted by atomic mass is 31.2. The van der Waals surface area contributed by atoms with E-state index in [1.165, 1.54) is 150 Å². The van der Waals surface area contributed by atoms with E-state index in [1.807, 2.05) is 0 Å². The molecule has 0 saturated carbocycles. The van der Waals surface area contributed by atoms with Crippen molar-refractivity contribution in [2.24, 2.45) is 17.2 Å². The lowest BCUT2D eigenvalue weighted by Crippen LogP contribution is -2.53. The van der Waals surface area contributed by atoms with Crippen LogP contribution >= 0.6 is 15.6 Å². The number of likely N-dealkylation sites (N-methyl/N-ethyl adjacent to an activating group) is 3. The van der Waals surface area contributed by atoms with Gasteiger partial charge in [-0.15, -0.1) is 0 Å². The van der Waals surface area contributed by atoms with Gasteiger partial charge in [0.25, 0.3) is 0 Å². The number of hydrogen-bond acceptors (Lipinski definition) is 8. The lowest BCUT2D eigenvalue weighted by Gasteiger charge is -2.40. The fourth-order valence-corrected chi connectivity index (χ4v) is 6.97. The largest absolute Gasteiger partial charge is 0.466 e. The van der Waals surface area contributed by atoms with Crippen molar-refractivity contribution in [2.75, 3.05) is 138 Å². The number of nitrogens with two attached hydrogens (primary N) is 3. The number of phosphoric acid groups is 2. The van der Waals surface area contributed by atoms with Crippen molar-refractivity contribution in [1.29, 1.82) is 0 Å². The van der Waals surface area contributed by atoms with E-state index in [1.54, 1.807) is 0 Å². The van der Waals surface area contributed by atoms with E-state index in [0.29, 0.717) is 39.5 Å². The summed E-state index contributed by atoms with van der Waals surface area (Å²) in [7, 11) is -9.28. The number of hydrogen-bond donors (Lipinski definition) is 9. The van der Waals surface area contributed by atoms with Crippen LogP contribution in [-0.2, 0) is 23.3 Å². The van der Waals surface area contributed by atoms with Crippen molar-refractivity contribution >= 4 is 15.6 Å². The number of rotatable bonds is 18. The molecule has 0 aliphatic carbocycles. The van der Waals surface area contributed by atoms with Crippen LogP contribution in [0.25, 0.3) is 0 Å². The molecule has 52 heavy (non-hydrogen) atoms. The molecule has 3 rings (SSSR count). The molecule has 0 spiro atoms. The molecule has 0 aromatic carbocycles. The highest BCUT2D eigenvalue weighted by Gasteiger charge is 2.29. The number of nitrogens with zero attached hydrogens (tertiary/aromatic N) is 3. The third-order valence-electron chi connectivity index (χ3n) is 10.2. The Labute approximate surface area is 315 Å². The van der Waals surface area contributed by atoms with Crippen LogP contribution in [0.3, 0.4) is 0 Å². The molecule has 0 aromatic heterocycles. The molecule has 0 bridgehead atoms. The predicted octanol–water partition coefficient (Wildman–Crippen LogP) is 1.09. The van der Waals surface area contributed by atoms with Crippen LogP contribution < -0.4 is 17.2 Å². The van der Waals surface area contributed by atoms with E-state index in [-0.39, 0.29) is 0 Å². The van der Waals surface area contributed by atoms with Crippen molar-refractivity contribution in [2.45, 2.75) is 78.6 Å². The molecule has 0 radical (unpaired) electrons. The Morgan fingerprint density at radius 2 is 0.615 bits per heavy atom. The predicted molar refractivity (Wildman–Crippen MR) is 206 cm³/mol. The number of quaternary nitrogens is 3. The minimum atomic E-state index is -4.64. The van der Waals surface area contributed by atoms with Crippen molar-refractivity contribution in [1.82, 2.24) is 0 Å². The average molecular weight is 800 g/mol. The van der Waals surface area contributed by atoms with Crippen LogP contribution in [0.1, 0.15) is 78.6 Å². The summed E-state index contributed by atoms with van der Waals surface area (Å²) < 4.78 is 38.0. The van der Waals surface area contributed by atoms with Gasteiger partial charge < -0.3 is 74.2 Å². The average Bonchev–Trinajstić information content (AvgIpc) is 3.11. The summed E-state index contributed by atoms with van der Waals surface area (Å²) in [5.41, 5.74) is 16.1. The summed E-state index contributed by atoms with van der Waals surface area (Å²) in [6.07, 6.45) is 12.6. The Balaban J connectivity index is 0. The van der Waals surface area contributed by atoms with Crippen molar-refractivity contribution in [3.8, 4) is 0 Å². The Morgan fingerprint density at radius 1 is 0.423 bits per heavy atom. The first kappa shape index (κ1) is 54.0. The zero-order valence-corrected chi connectivity index (χ0v) is 34.7. The maximum Gasteiger partial charge on any atom is 0.466 e. The zero-order valence-electron chi connectivity index (χ0n) is 32.9. The van der Waals surface area contributed by atoms with E-state index in [0.717, 1.165) is 19.8 Å². The van der Waals surface area contributed by atoms with Gasteiger partial charge in [-0.3, -0.25) is 0 Å². The fraction of sp³-hybridized carbons (Fsp3) is 1.00. The van der Waals surface area contributed by atoms with Gasteiger partial charge in [0.2, 0.25) is 0 Å². The first-order valence-electron chi connectivity index (χ1n) is 19.4. The molecular formula is C33H81N6O11P2+3. The van der Waals surface area contributed by atoms with Crippen LogP contribution in [0.5, 0.6) is 0 Å². The summed E-state index contributed by atoms with van der Waals surface area (Å²) in [6.45, 7) is 29.0. The van der Waals surface area contributed by atoms with Gasteiger partial charge in [-0.25, -0.2) is 9.13 Å². The van der Waals surface area contributed by atoms with E-state index in [4.69, 9.17) is 69.9 Å². The van der Waals surface area contributed by atoms with Crippen molar-refractivity contribution < 1.29 is 66.2 Å². The quantitative estimate of drug-likeness (QED) is 0.0535. The highest BCUT2D eigenvalue weighted by molar-refractivity contribution is 7.45. The zero-order chi connectivity index (χ0) is 39.8. The second-order valence-corrected chi connectivity index (χ2v) is 16.0.